The first-order valence-corrected chi connectivity index (χ1v) is 9.14. The van der Waals surface area contributed by atoms with E-state index in [0.29, 0.717) is 32.2 Å². The van der Waals surface area contributed by atoms with Crippen molar-refractivity contribution < 1.29 is 28.9 Å². The molecule has 4 unspecified atom stereocenters. The average molecular weight is 361 g/mol. The van der Waals surface area contributed by atoms with Crippen LogP contribution in [0.15, 0.2) is 18.2 Å². The predicted molar refractivity (Wildman–Crippen MR) is 91.4 cm³/mol. The second-order valence-corrected chi connectivity index (χ2v) is 7.15. The van der Waals surface area contributed by atoms with E-state index in [1.54, 1.807) is 0 Å². The van der Waals surface area contributed by atoms with E-state index in [4.69, 9.17) is 14.2 Å². The molecule has 3 aliphatic rings. The Labute approximate surface area is 151 Å². The lowest BCUT2D eigenvalue weighted by atomic mass is 9.93. The van der Waals surface area contributed by atoms with E-state index in [0.717, 1.165) is 30.6 Å². The number of hydrogen-bond acceptors (Lipinski definition) is 5. The van der Waals surface area contributed by atoms with Gasteiger partial charge in [0.05, 0.1) is 6.61 Å². The lowest BCUT2D eigenvalue weighted by Gasteiger charge is -2.28. The number of carboxylic acids is 1. The number of nitrogens with one attached hydrogen (secondary N) is 1. The molecule has 4 atom stereocenters. The van der Waals surface area contributed by atoms with E-state index in [9.17, 15) is 14.7 Å². The van der Waals surface area contributed by atoms with Crippen LogP contribution in [0.25, 0.3) is 0 Å². The summed E-state index contributed by atoms with van der Waals surface area (Å²) >= 11 is 0. The first kappa shape index (κ1) is 17.1. The predicted octanol–water partition coefficient (Wildman–Crippen LogP) is 1.56. The number of carbonyl (C=O) groups excluding carboxylic acids is 1. The SMILES string of the molecule is O=C(NC(C(=O)O)C1CCCOC1)C1CC1c1ccc2c(c1)OCCO2. The maximum absolute atomic E-state index is 12.6. The summed E-state index contributed by atoms with van der Waals surface area (Å²) in [5.41, 5.74) is 1.03. The summed E-state index contributed by atoms with van der Waals surface area (Å²) in [7, 11) is 0. The highest BCUT2D eigenvalue weighted by atomic mass is 16.6. The van der Waals surface area contributed by atoms with Gasteiger partial charge in [0, 0.05) is 18.4 Å². The third kappa shape index (κ3) is 3.49. The van der Waals surface area contributed by atoms with Gasteiger partial charge in [0.15, 0.2) is 11.5 Å². The molecule has 1 aliphatic carbocycles. The molecule has 26 heavy (non-hydrogen) atoms. The fourth-order valence-corrected chi connectivity index (χ4v) is 3.81. The Morgan fingerprint density at radius 3 is 2.69 bits per heavy atom. The van der Waals surface area contributed by atoms with Gasteiger partial charge < -0.3 is 24.6 Å². The number of aliphatic carboxylic acids is 1. The van der Waals surface area contributed by atoms with E-state index in [2.05, 4.69) is 5.32 Å². The van der Waals surface area contributed by atoms with Crippen molar-refractivity contribution >= 4 is 11.9 Å². The topological polar surface area (TPSA) is 94.1 Å². The monoisotopic (exact) mass is 361 g/mol. The zero-order chi connectivity index (χ0) is 18.1. The molecule has 1 saturated carbocycles. The Morgan fingerprint density at radius 2 is 1.96 bits per heavy atom. The minimum Gasteiger partial charge on any atom is -0.486 e. The second kappa shape index (κ2) is 7.15. The number of amides is 1. The van der Waals surface area contributed by atoms with Gasteiger partial charge in [0.1, 0.15) is 19.3 Å². The molecule has 7 nitrogen and oxygen atoms in total. The summed E-state index contributed by atoms with van der Waals surface area (Å²) in [5.74, 6) is -0.0100. The largest absolute Gasteiger partial charge is 0.486 e. The van der Waals surface area contributed by atoms with E-state index in [1.807, 2.05) is 18.2 Å². The Bertz CT molecular complexity index is 699. The van der Waals surface area contributed by atoms with Crippen molar-refractivity contribution in [1.82, 2.24) is 5.32 Å². The van der Waals surface area contributed by atoms with Crippen molar-refractivity contribution in [3.63, 3.8) is 0 Å². The standard InChI is InChI=1S/C19H23NO6/c21-18(20-17(19(22)23)12-2-1-5-24-10-12)14-9-13(14)11-3-4-15-16(8-11)26-7-6-25-15/h3-4,8,12-14,17H,1-2,5-7,9-10H2,(H,20,21)(H,22,23). The lowest BCUT2D eigenvalue weighted by Crippen LogP contribution is -2.49. The third-order valence-corrected chi connectivity index (χ3v) is 5.35. The molecule has 1 aromatic rings. The van der Waals surface area contributed by atoms with Gasteiger partial charge in [-0.2, -0.15) is 0 Å². The van der Waals surface area contributed by atoms with Crippen molar-refractivity contribution in [2.45, 2.75) is 31.2 Å². The maximum atomic E-state index is 12.6. The number of carboxylic acid groups (broad SMARTS) is 1. The van der Waals surface area contributed by atoms with E-state index >= 15 is 0 Å². The molecular formula is C19H23NO6. The van der Waals surface area contributed by atoms with Crippen LogP contribution in [0.2, 0.25) is 0 Å². The van der Waals surface area contributed by atoms with Crippen LogP contribution in [0.3, 0.4) is 0 Å². The Morgan fingerprint density at radius 1 is 1.15 bits per heavy atom. The minimum absolute atomic E-state index is 0.0999. The van der Waals surface area contributed by atoms with E-state index in [-0.39, 0.29) is 23.7 Å². The highest BCUT2D eigenvalue weighted by molar-refractivity contribution is 5.87. The molecule has 0 aromatic heterocycles. The summed E-state index contributed by atoms with van der Waals surface area (Å²) in [5, 5.41) is 12.2. The highest BCUT2D eigenvalue weighted by Gasteiger charge is 2.46. The number of rotatable bonds is 5. The van der Waals surface area contributed by atoms with Gasteiger partial charge in [0.25, 0.3) is 0 Å². The van der Waals surface area contributed by atoms with Crippen LogP contribution in [0, 0.1) is 11.8 Å². The number of hydrogen-bond donors (Lipinski definition) is 2. The summed E-state index contributed by atoms with van der Waals surface area (Å²) in [6.45, 7) is 2.11. The summed E-state index contributed by atoms with van der Waals surface area (Å²) in [6.07, 6.45) is 2.31. The molecule has 2 fully saturated rings. The zero-order valence-electron chi connectivity index (χ0n) is 14.5. The molecule has 0 spiro atoms. The zero-order valence-corrected chi connectivity index (χ0v) is 14.5. The minimum atomic E-state index is -0.995. The number of benzene rings is 1. The molecule has 0 bridgehead atoms. The van der Waals surface area contributed by atoms with Crippen LogP contribution in [0.1, 0.15) is 30.7 Å². The Kier molecular flexibility index (Phi) is 4.72. The molecule has 4 rings (SSSR count). The molecule has 2 heterocycles. The second-order valence-electron chi connectivity index (χ2n) is 7.15. The molecule has 2 aliphatic heterocycles. The normalized spacial score (nSPS) is 28.1. The van der Waals surface area contributed by atoms with Crippen molar-refractivity contribution in [3.8, 4) is 11.5 Å². The molecule has 140 valence electrons. The summed E-state index contributed by atoms with van der Waals surface area (Å²) in [4.78, 5) is 24.2. The average Bonchev–Trinajstić information content (AvgIpc) is 3.47. The molecule has 7 heteroatoms. The fourth-order valence-electron chi connectivity index (χ4n) is 3.81. The van der Waals surface area contributed by atoms with Crippen LogP contribution >= 0.6 is 0 Å². The van der Waals surface area contributed by atoms with Crippen LogP contribution in [-0.4, -0.2) is 49.5 Å². The quantitative estimate of drug-likeness (QED) is 0.827. The van der Waals surface area contributed by atoms with Gasteiger partial charge >= 0.3 is 5.97 Å². The molecule has 1 saturated heterocycles. The smallest absolute Gasteiger partial charge is 0.326 e. The molecule has 2 N–H and O–H groups in total. The van der Waals surface area contributed by atoms with Crippen LogP contribution in [0.5, 0.6) is 11.5 Å². The van der Waals surface area contributed by atoms with Gasteiger partial charge in [-0.25, -0.2) is 4.79 Å². The molecular weight excluding hydrogens is 338 g/mol. The Hall–Kier alpha value is -2.28. The number of carbonyl (C=O) groups is 2. The van der Waals surface area contributed by atoms with Gasteiger partial charge in [-0.1, -0.05) is 6.07 Å². The first-order valence-electron chi connectivity index (χ1n) is 9.14. The van der Waals surface area contributed by atoms with Gasteiger partial charge in [0.2, 0.25) is 5.91 Å². The molecule has 1 aromatic carbocycles. The van der Waals surface area contributed by atoms with Crippen LogP contribution in [-0.2, 0) is 14.3 Å². The van der Waals surface area contributed by atoms with Crippen LogP contribution < -0.4 is 14.8 Å². The van der Waals surface area contributed by atoms with E-state index in [1.165, 1.54) is 0 Å². The van der Waals surface area contributed by atoms with Crippen molar-refractivity contribution in [2.75, 3.05) is 26.4 Å². The van der Waals surface area contributed by atoms with Crippen molar-refractivity contribution in [2.24, 2.45) is 11.8 Å². The maximum Gasteiger partial charge on any atom is 0.326 e. The first-order chi connectivity index (χ1) is 12.6. The lowest BCUT2D eigenvalue weighted by molar-refractivity contribution is -0.145. The fraction of sp³-hybridized carbons (Fsp3) is 0.579. The number of fused-ring (bicyclic) bond motifs is 1. The summed E-state index contributed by atoms with van der Waals surface area (Å²) in [6, 6.07) is 4.87. The molecule has 0 radical (unpaired) electrons. The van der Waals surface area contributed by atoms with Gasteiger partial charge in [-0.3, -0.25) is 4.79 Å². The summed E-state index contributed by atoms with van der Waals surface area (Å²) < 4.78 is 16.5. The van der Waals surface area contributed by atoms with Gasteiger partial charge in [-0.15, -0.1) is 0 Å². The van der Waals surface area contributed by atoms with Crippen molar-refractivity contribution in [3.05, 3.63) is 23.8 Å². The highest BCUT2D eigenvalue weighted by Crippen LogP contribution is 2.49. The van der Waals surface area contributed by atoms with Crippen molar-refractivity contribution in [1.29, 1.82) is 0 Å². The van der Waals surface area contributed by atoms with Crippen LogP contribution in [0.4, 0.5) is 0 Å². The molecule has 1 amide bonds. The van der Waals surface area contributed by atoms with E-state index < -0.39 is 12.0 Å². The van der Waals surface area contributed by atoms with Gasteiger partial charge in [-0.05, 0) is 42.9 Å². The number of ether oxygens (including phenoxy) is 3. The Balaban J connectivity index is 1.39. The third-order valence-electron chi connectivity index (χ3n) is 5.35.